The Bertz CT molecular complexity index is 490. The van der Waals surface area contributed by atoms with Gasteiger partial charge in [0.1, 0.15) is 0 Å². The van der Waals surface area contributed by atoms with Crippen molar-refractivity contribution < 1.29 is 23.4 Å². The first-order chi connectivity index (χ1) is 9.96. The molecule has 0 heterocycles. The van der Waals surface area contributed by atoms with Crippen LogP contribution in [0.2, 0.25) is 0 Å². The van der Waals surface area contributed by atoms with Gasteiger partial charge in [0.25, 0.3) is 0 Å². The van der Waals surface area contributed by atoms with E-state index in [1.807, 2.05) is 13.8 Å². The first-order valence-electron chi connectivity index (χ1n) is 6.94. The summed E-state index contributed by atoms with van der Waals surface area (Å²) in [6, 6.07) is 2.40. The number of ether oxygens (including phenoxy) is 1. The van der Waals surface area contributed by atoms with Gasteiger partial charge >= 0.3 is 5.97 Å². The summed E-state index contributed by atoms with van der Waals surface area (Å²) < 4.78 is 31.9. The van der Waals surface area contributed by atoms with Gasteiger partial charge in [-0.15, -0.1) is 0 Å². The van der Waals surface area contributed by atoms with E-state index in [1.165, 1.54) is 6.07 Å². The first kappa shape index (κ1) is 17.4. The number of carbonyl (C=O) groups is 1. The number of esters is 1. The van der Waals surface area contributed by atoms with Gasteiger partial charge in [-0.1, -0.05) is 26.7 Å². The Morgan fingerprint density at radius 3 is 2.43 bits per heavy atom. The van der Waals surface area contributed by atoms with E-state index in [0.29, 0.717) is 0 Å². The average Bonchev–Trinajstić information content (AvgIpc) is 2.49. The molecule has 0 aliphatic rings. The standard InChI is InChI=1S/C15H21F2NO3/c1-4-9(5-2)12(19)8-18-11-7-6-10(15(20)21-3)13(16)14(11)17/h6-7,9,12,18-19H,4-5,8H2,1-3H3. The van der Waals surface area contributed by atoms with Gasteiger partial charge in [-0.2, -0.15) is 0 Å². The second kappa shape index (κ2) is 7.93. The molecule has 1 aromatic rings. The van der Waals surface area contributed by atoms with E-state index in [1.54, 1.807) is 0 Å². The van der Waals surface area contributed by atoms with Crippen molar-refractivity contribution in [1.29, 1.82) is 0 Å². The molecule has 6 heteroatoms. The lowest BCUT2D eigenvalue weighted by Gasteiger charge is -2.21. The molecule has 2 N–H and O–H groups in total. The highest BCUT2D eigenvalue weighted by molar-refractivity contribution is 5.90. The highest BCUT2D eigenvalue weighted by Gasteiger charge is 2.20. The Kier molecular flexibility index (Phi) is 6.55. The zero-order chi connectivity index (χ0) is 16.0. The minimum absolute atomic E-state index is 0.0924. The molecule has 1 atom stereocenters. The van der Waals surface area contributed by atoms with Gasteiger partial charge in [0.05, 0.1) is 24.5 Å². The fraction of sp³-hybridized carbons (Fsp3) is 0.533. The number of aliphatic hydroxyl groups excluding tert-OH is 1. The highest BCUT2D eigenvalue weighted by atomic mass is 19.2. The van der Waals surface area contributed by atoms with Crippen LogP contribution in [0.4, 0.5) is 14.5 Å². The van der Waals surface area contributed by atoms with E-state index in [9.17, 15) is 18.7 Å². The maximum Gasteiger partial charge on any atom is 0.340 e. The Labute approximate surface area is 123 Å². The average molecular weight is 301 g/mol. The number of rotatable bonds is 7. The zero-order valence-electron chi connectivity index (χ0n) is 12.5. The molecule has 1 rings (SSSR count). The van der Waals surface area contributed by atoms with Crippen molar-refractivity contribution in [2.75, 3.05) is 19.0 Å². The van der Waals surface area contributed by atoms with Crippen molar-refractivity contribution >= 4 is 11.7 Å². The summed E-state index contributed by atoms with van der Waals surface area (Å²) >= 11 is 0. The monoisotopic (exact) mass is 301 g/mol. The van der Waals surface area contributed by atoms with E-state index in [2.05, 4.69) is 10.1 Å². The molecular weight excluding hydrogens is 280 g/mol. The van der Waals surface area contributed by atoms with Crippen molar-refractivity contribution in [3.05, 3.63) is 29.3 Å². The van der Waals surface area contributed by atoms with E-state index in [-0.39, 0.29) is 18.2 Å². The van der Waals surface area contributed by atoms with Gasteiger partial charge in [-0.05, 0) is 18.1 Å². The lowest BCUT2D eigenvalue weighted by atomic mass is 9.96. The van der Waals surface area contributed by atoms with Crippen LogP contribution in [0.25, 0.3) is 0 Å². The summed E-state index contributed by atoms with van der Waals surface area (Å²) in [6.45, 7) is 4.03. The van der Waals surface area contributed by atoms with Crippen molar-refractivity contribution in [2.45, 2.75) is 32.8 Å². The number of hydrogen-bond donors (Lipinski definition) is 2. The van der Waals surface area contributed by atoms with Crippen LogP contribution in [0.3, 0.4) is 0 Å². The van der Waals surface area contributed by atoms with Gasteiger partial charge in [-0.3, -0.25) is 0 Å². The molecule has 1 aromatic carbocycles. The summed E-state index contributed by atoms with van der Waals surface area (Å²) in [6.07, 6.45) is 0.956. The molecule has 118 valence electrons. The molecule has 1 unspecified atom stereocenters. The SMILES string of the molecule is CCC(CC)C(O)CNc1ccc(C(=O)OC)c(F)c1F. The summed E-state index contributed by atoms with van der Waals surface area (Å²) in [7, 11) is 1.10. The van der Waals surface area contributed by atoms with Crippen LogP contribution in [0.5, 0.6) is 0 Å². The lowest BCUT2D eigenvalue weighted by Crippen LogP contribution is -2.28. The Hall–Kier alpha value is -1.69. The molecule has 0 bridgehead atoms. The van der Waals surface area contributed by atoms with Gasteiger partial charge in [-0.25, -0.2) is 13.6 Å². The van der Waals surface area contributed by atoms with Gasteiger partial charge < -0.3 is 15.2 Å². The topological polar surface area (TPSA) is 58.6 Å². The molecule has 0 spiro atoms. The summed E-state index contributed by atoms with van der Waals surface area (Å²) in [5.74, 6) is -3.26. The fourth-order valence-corrected chi connectivity index (χ4v) is 2.17. The number of methoxy groups -OCH3 is 1. The minimum Gasteiger partial charge on any atom is -0.465 e. The second-order valence-corrected chi connectivity index (χ2v) is 4.81. The predicted octanol–water partition coefficient (Wildman–Crippen LogP) is 2.96. The lowest BCUT2D eigenvalue weighted by molar-refractivity contribution is 0.0594. The Balaban J connectivity index is 2.82. The van der Waals surface area contributed by atoms with Crippen LogP contribution in [0.15, 0.2) is 12.1 Å². The minimum atomic E-state index is -1.26. The number of carbonyl (C=O) groups excluding carboxylic acids is 1. The van der Waals surface area contributed by atoms with Crippen LogP contribution >= 0.6 is 0 Å². The number of aliphatic hydroxyl groups is 1. The quantitative estimate of drug-likeness (QED) is 0.760. The van der Waals surface area contributed by atoms with Crippen LogP contribution in [0, 0.1) is 17.6 Å². The third-order valence-corrected chi connectivity index (χ3v) is 3.58. The number of anilines is 1. The number of nitrogens with one attached hydrogen (secondary N) is 1. The van der Waals surface area contributed by atoms with E-state index in [0.717, 1.165) is 26.0 Å². The molecule has 4 nitrogen and oxygen atoms in total. The molecule has 0 amide bonds. The van der Waals surface area contributed by atoms with Crippen molar-refractivity contribution in [1.82, 2.24) is 0 Å². The van der Waals surface area contributed by atoms with Crippen LogP contribution in [0.1, 0.15) is 37.0 Å². The van der Waals surface area contributed by atoms with Crippen molar-refractivity contribution in [3.63, 3.8) is 0 Å². The van der Waals surface area contributed by atoms with Gasteiger partial charge in [0, 0.05) is 6.54 Å². The van der Waals surface area contributed by atoms with Crippen LogP contribution in [-0.2, 0) is 4.74 Å². The van der Waals surface area contributed by atoms with Gasteiger partial charge in [0.2, 0.25) is 0 Å². The first-order valence-corrected chi connectivity index (χ1v) is 6.94. The van der Waals surface area contributed by atoms with Crippen LogP contribution in [-0.4, -0.2) is 30.8 Å². The molecule has 0 aliphatic carbocycles. The molecule has 0 aromatic heterocycles. The molecule has 0 saturated heterocycles. The Morgan fingerprint density at radius 2 is 1.90 bits per heavy atom. The number of hydrogen-bond acceptors (Lipinski definition) is 4. The fourth-order valence-electron chi connectivity index (χ4n) is 2.17. The zero-order valence-corrected chi connectivity index (χ0v) is 12.5. The Morgan fingerprint density at radius 1 is 1.29 bits per heavy atom. The molecule has 0 radical (unpaired) electrons. The van der Waals surface area contributed by atoms with Gasteiger partial charge in [0.15, 0.2) is 11.6 Å². The third kappa shape index (κ3) is 4.14. The van der Waals surface area contributed by atoms with Crippen LogP contribution < -0.4 is 5.32 Å². The molecule has 0 aliphatic heterocycles. The molecular formula is C15H21F2NO3. The van der Waals surface area contributed by atoms with Crippen molar-refractivity contribution in [2.24, 2.45) is 5.92 Å². The number of benzene rings is 1. The summed E-state index contributed by atoms with van der Waals surface area (Å²) in [4.78, 5) is 11.2. The second-order valence-electron chi connectivity index (χ2n) is 4.81. The highest BCUT2D eigenvalue weighted by Crippen LogP contribution is 2.22. The molecule has 21 heavy (non-hydrogen) atoms. The largest absolute Gasteiger partial charge is 0.465 e. The van der Waals surface area contributed by atoms with E-state index in [4.69, 9.17) is 0 Å². The predicted molar refractivity (Wildman–Crippen MR) is 76.3 cm³/mol. The summed E-state index contributed by atoms with van der Waals surface area (Å²) in [5.41, 5.74) is -0.550. The van der Waals surface area contributed by atoms with Crippen molar-refractivity contribution in [3.8, 4) is 0 Å². The third-order valence-electron chi connectivity index (χ3n) is 3.58. The smallest absolute Gasteiger partial charge is 0.340 e. The number of halogens is 2. The summed E-state index contributed by atoms with van der Waals surface area (Å²) in [5, 5.41) is 12.6. The normalized spacial score (nSPS) is 12.3. The molecule has 0 fully saturated rings. The molecule has 0 saturated carbocycles. The van der Waals surface area contributed by atoms with E-state index >= 15 is 0 Å². The maximum atomic E-state index is 13.8. The maximum absolute atomic E-state index is 13.8. The van der Waals surface area contributed by atoms with E-state index < -0.39 is 29.3 Å².